The highest BCUT2D eigenvalue weighted by molar-refractivity contribution is 9.10. The molecule has 0 aliphatic heterocycles. The lowest BCUT2D eigenvalue weighted by molar-refractivity contribution is -0.139. The second-order valence-corrected chi connectivity index (χ2v) is 6.03. The fourth-order valence-corrected chi connectivity index (χ4v) is 2.22. The number of nitrogens with one attached hydrogen (secondary N) is 2. The van der Waals surface area contributed by atoms with E-state index >= 15 is 0 Å². The summed E-state index contributed by atoms with van der Waals surface area (Å²) in [5.41, 5.74) is 0.944. The van der Waals surface area contributed by atoms with E-state index in [4.69, 9.17) is 5.11 Å². The van der Waals surface area contributed by atoms with E-state index in [1.807, 2.05) is 30.5 Å². The Morgan fingerprint density at radius 2 is 2.00 bits per heavy atom. The van der Waals surface area contributed by atoms with Crippen molar-refractivity contribution in [2.45, 2.75) is 19.0 Å². The van der Waals surface area contributed by atoms with Crippen LogP contribution in [0.1, 0.15) is 12.0 Å². The first-order chi connectivity index (χ1) is 9.52. The SMILES string of the molecule is CSCC[C@H](NC(=O)NCc1ccc(Br)cc1)C(=O)O. The van der Waals surface area contributed by atoms with Crippen LogP contribution in [-0.2, 0) is 11.3 Å². The first kappa shape index (κ1) is 16.8. The summed E-state index contributed by atoms with van der Waals surface area (Å²) in [6.45, 7) is 0.355. The summed E-state index contributed by atoms with van der Waals surface area (Å²) in [6, 6.07) is 6.20. The highest BCUT2D eigenvalue weighted by Gasteiger charge is 2.18. The number of amides is 2. The number of urea groups is 1. The maximum Gasteiger partial charge on any atom is 0.326 e. The average Bonchev–Trinajstić information content (AvgIpc) is 2.42. The van der Waals surface area contributed by atoms with Gasteiger partial charge in [-0.3, -0.25) is 0 Å². The molecule has 2 amide bonds. The zero-order chi connectivity index (χ0) is 15.0. The van der Waals surface area contributed by atoms with Crippen LogP contribution in [-0.4, -0.2) is 35.2 Å². The Morgan fingerprint density at radius 1 is 1.35 bits per heavy atom. The summed E-state index contributed by atoms with van der Waals surface area (Å²) in [5.74, 6) is -0.331. The van der Waals surface area contributed by atoms with Gasteiger partial charge in [-0.1, -0.05) is 28.1 Å². The lowest BCUT2D eigenvalue weighted by Gasteiger charge is -2.14. The van der Waals surface area contributed by atoms with Crippen LogP contribution in [0, 0.1) is 0 Å². The zero-order valence-electron chi connectivity index (χ0n) is 11.1. The predicted molar refractivity (Wildman–Crippen MR) is 83.9 cm³/mol. The van der Waals surface area contributed by atoms with Crippen molar-refractivity contribution in [2.24, 2.45) is 0 Å². The standard InChI is InChI=1S/C13H17BrN2O3S/c1-20-7-6-11(12(17)18)16-13(19)15-8-9-2-4-10(14)5-3-9/h2-5,11H,6-8H2,1H3,(H,17,18)(H2,15,16,19)/t11-/m0/s1. The van der Waals surface area contributed by atoms with Crippen molar-refractivity contribution in [3.8, 4) is 0 Å². The molecule has 0 aliphatic carbocycles. The van der Waals surface area contributed by atoms with Gasteiger partial charge in [-0.2, -0.15) is 11.8 Å². The van der Waals surface area contributed by atoms with Crippen LogP contribution in [0.15, 0.2) is 28.7 Å². The summed E-state index contributed by atoms with van der Waals surface area (Å²) in [6.07, 6.45) is 2.30. The van der Waals surface area contributed by atoms with Crippen LogP contribution < -0.4 is 10.6 Å². The number of thioether (sulfide) groups is 1. The van der Waals surface area contributed by atoms with Crippen LogP contribution in [0.2, 0.25) is 0 Å². The molecule has 0 fully saturated rings. The average molecular weight is 361 g/mol. The number of carbonyl (C=O) groups is 2. The molecule has 1 rings (SSSR count). The molecule has 0 bridgehead atoms. The summed E-state index contributed by atoms with van der Waals surface area (Å²) in [4.78, 5) is 22.7. The van der Waals surface area contributed by atoms with Gasteiger partial charge in [0, 0.05) is 11.0 Å². The van der Waals surface area contributed by atoms with Crippen molar-refractivity contribution in [3.63, 3.8) is 0 Å². The topological polar surface area (TPSA) is 78.4 Å². The molecule has 110 valence electrons. The highest BCUT2D eigenvalue weighted by Crippen LogP contribution is 2.10. The highest BCUT2D eigenvalue weighted by atomic mass is 79.9. The van der Waals surface area contributed by atoms with Gasteiger partial charge in [-0.25, -0.2) is 9.59 Å². The van der Waals surface area contributed by atoms with E-state index < -0.39 is 18.0 Å². The summed E-state index contributed by atoms with van der Waals surface area (Å²) >= 11 is 4.88. The number of rotatable bonds is 7. The molecule has 1 aromatic rings. The third kappa shape index (κ3) is 6.29. The van der Waals surface area contributed by atoms with Crippen LogP contribution >= 0.6 is 27.7 Å². The molecule has 20 heavy (non-hydrogen) atoms. The summed E-state index contributed by atoms with van der Waals surface area (Å²) < 4.78 is 0.966. The first-order valence-electron chi connectivity index (χ1n) is 6.03. The molecular formula is C13H17BrN2O3S. The van der Waals surface area contributed by atoms with Gasteiger partial charge >= 0.3 is 12.0 Å². The van der Waals surface area contributed by atoms with Gasteiger partial charge in [0.25, 0.3) is 0 Å². The monoisotopic (exact) mass is 360 g/mol. The molecule has 0 unspecified atom stereocenters. The Bertz CT molecular complexity index is 453. The molecule has 0 spiro atoms. The van der Waals surface area contributed by atoms with Gasteiger partial charge in [0.1, 0.15) is 6.04 Å². The van der Waals surface area contributed by atoms with E-state index in [0.29, 0.717) is 18.7 Å². The van der Waals surface area contributed by atoms with Crippen LogP contribution in [0.25, 0.3) is 0 Å². The Hall–Kier alpha value is -1.21. The first-order valence-corrected chi connectivity index (χ1v) is 8.22. The summed E-state index contributed by atoms with van der Waals surface area (Å²) in [7, 11) is 0. The van der Waals surface area contributed by atoms with E-state index in [1.165, 1.54) is 0 Å². The molecule has 1 atom stereocenters. The smallest absolute Gasteiger partial charge is 0.326 e. The molecule has 0 saturated heterocycles. The molecule has 0 radical (unpaired) electrons. The number of carboxylic acids is 1. The lowest BCUT2D eigenvalue weighted by Crippen LogP contribution is -2.46. The summed E-state index contributed by atoms with van der Waals surface area (Å²) in [5, 5.41) is 14.1. The number of hydrogen-bond acceptors (Lipinski definition) is 3. The number of benzene rings is 1. The Morgan fingerprint density at radius 3 is 2.55 bits per heavy atom. The van der Waals surface area contributed by atoms with Gasteiger partial charge in [0.05, 0.1) is 0 Å². The number of aliphatic carboxylic acids is 1. The fraction of sp³-hybridized carbons (Fsp3) is 0.385. The van der Waals surface area contributed by atoms with Gasteiger partial charge in [-0.15, -0.1) is 0 Å². The molecule has 3 N–H and O–H groups in total. The molecule has 5 nitrogen and oxygen atoms in total. The van der Waals surface area contributed by atoms with Crippen molar-refractivity contribution >= 4 is 39.7 Å². The number of halogens is 1. The van der Waals surface area contributed by atoms with Crippen molar-refractivity contribution in [1.82, 2.24) is 10.6 Å². The van der Waals surface area contributed by atoms with Crippen LogP contribution in [0.5, 0.6) is 0 Å². The molecule has 0 aromatic heterocycles. The Balaban J connectivity index is 2.41. The largest absolute Gasteiger partial charge is 0.480 e. The normalized spacial score (nSPS) is 11.7. The quantitative estimate of drug-likeness (QED) is 0.697. The number of hydrogen-bond donors (Lipinski definition) is 3. The maximum atomic E-state index is 11.7. The predicted octanol–water partition coefficient (Wildman–Crippen LogP) is 2.45. The Labute approximate surface area is 130 Å². The zero-order valence-corrected chi connectivity index (χ0v) is 13.5. The third-order valence-electron chi connectivity index (χ3n) is 2.58. The van der Waals surface area contributed by atoms with Gasteiger partial charge in [0.2, 0.25) is 0 Å². The van der Waals surface area contributed by atoms with Crippen molar-refractivity contribution in [2.75, 3.05) is 12.0 Å². The minimum atomic E-state index is -1.02. The molecular weight excluding hydrogens is 344 g/mol. The molecule has 0 heterocycles. The molecule has 1 aromatic carbocycles. The Kier molecular flexibility index (Phi) is 7.46. The van der Waals surface area contributed by atoms with E-state index in [-0.39, 0.29) is 0 Å². The lowest BCUT2D eigenvalue weighted by atomic mass is 10.2. The molecule has 7 heteroatoms. The maximum absolute atomic E-state index is 11.7. The second-order valence-electron chi connectivity index (χ2n) is 4.13. The number of carboxylic acid groups (broad SMARTS) is 1. The molecule has 0 aliphatic rings. The van der Waals surface area contributed by atoms with Crippen molar-refractivity contribution in [3.05, 3.63) is 34.3 Å². The second kappa shape index (κ2) is 8.86. The number of carbonyl (C=O) groups excluding carboxylic acids is 1. The van der Waals surface area contributed by atoms with E-state index in [9.17, 15) is 9.59 Å². The van der Waals surface area contributed by atoms with E-state index in [1.54, 1.807) is 11.8 Å². The van der Waals surface area contributed by atoms with Crippen molar-refractivity contribution in [1.29, 1.82) is 0 Å². The third-order valence-corrected chi connectivity index (χ3v) is 3.75. The van der Waals surface area contributed by atoms with Gasteiger partial charge in [-0.05, 0) is 36.1 Å². The van der Waals surface area contributed by atoms with Crippen LogP contribution in [0.4, 0.5) is 4.79 Å². The minimum Gasteiger partial charge on any atom is -0.480 e. The van der Waals surface area contributed by atoms with Gasteiger partial charge in [0.15, 0.2) is 0 Å². The minimum absolute atomic E-state index is 0.355. The molecule has 0 saturated carbocycles. The van der Waals surface area contributed by atoms with Gasteiger partial charge < -0.3 is 15.7 Å². The van der Waals surface area contributed by atoms with E-state index in [2.05, 4.69) is 26.6 Å². The van der Waals surface area contributed by atoms with Crippen LogP contribution in [0.3, 0.4) is 0 Å². The van der Waals surface area contributed by atoms with Crippen molar-refractivity contribution < 1.29 is 14.7 Å². The fourth-order valence-electron chi connectivity index (χ4n) is 1.49. The van der Waals surface area contributed by atoms with E-state index in [0.717, 1.165) is 10.0 Å².